The van der Waals surface area contributed by atoms with Crippen LogP contribution in [0.25, 0.3) is 6.08 Å². The highest BCUT2D eigenvalue weighted by atomic mass is 35.5. The molecule has 1 N–H and O–H groups in total. The van der Waals surface area contributed by atoms with E-state index in [0.29, 0.717) is 11.3 Å². The zero-order valence-electron chi connectivity index (χ0n) is 8.80. The maximum atomic E-state index is 5.67. The fourth-order valence-corrected chi connectivity index (χ4v) is 1.37. The Bertz CT molecular complexity index is 317. The third-order valence-electron chi connectivity index (χ3n) is 2.16. The molecule has 0 aliphatic carbocycles. The summed E-state index contributed by atoms with van der Waals surface area (Å²) in [5.74, 6) is 0.803. The van der Waals surface area contributed by atoms with Crippen LogP contribution in [0.3, 0.4) is 0 Å². The van der Waals surface area contributed by atoms with Gasteiger partial charge in [0.15, 0.2) is 5.22 Å². The summed E-state index contributed by atoms with van der Waals surface area (Å²) >= 11 is 5.67. The van der Waals surface area contributed by atoms with Crippen LogP contribution in [0.4, 0.5) is 0 Å². The van der Waals surface area contributed by atoms with E-state index in [-0.39, 0.29) is 0 Å². The van der Waals surface area contributed by atoms with Crippen molar-refractivity contribution >= 4 is 17.7 Å². The second-order valence-corrected chi connectivity index (χ2v) is 3.68. The topological polar surface area (TPSA) is 25.2 Å². The van der Waals surface area contributed by atoms with Crippen molar-refractivity contribution < 1.29 is 4.42 Å². The molecule has 0 amide bonds. The molecule has 14 heavy (non-hydrogen) atoms. The molecule has 0 saturated heterocycles. The fraction of sp³-hybridized carbons (Fsp3) is 0.455. The lowest BCUT2D eigenvalue weighted by molar-refractivity contribution is 0.556. The van der Waals surface area contributed by atoms with Gasteiger partial charge in [0.1, 0.15) is 5.76 Å². The molecule has 1 heterocycles. The second kappa shape index (κ2) is 5.23. The summed E-state index contributed by atoms with van der Waals surface area (Å²) in [7, 11) is 0. The van der Waals surface area contributed by atoms with Crippen molar-refractivity contribution in [1.29, 1.82) is 0 Å². The van der Waals surface area contributed by atoms with Crippen molar-refractivity contribution in [1.82, 2.24) is 5.32 Å². The van der Waals surface area contributed by atoms with E-state index in [1.807, 2.05) is 12.1 Å². The van der Waals surface area contributed by atoms with E-state index in [2.05, 4.69) is 26.1 Å². The molecule has 78 valence electrons. The van der Waals surface area contributed by atoms with Crippen LogP contribution < -0.4 is 5.32 Å². The molecule has 0 radical (unpaired) electrons. The quantitative estimate of drug-likeness (QED) is 0.830. The van der Waals surface area contributed by atoms with Crippen molar-refractivity contribution in [3.8, 4) is 0 Å². The van der Waals surface area contributed by atoms with Gasteiger partial charge in [-0.1, -0.05) is 12.5 Å². The van der Waals surface area contributed by atoms with E-state index >= 15 is 0 Å². The van der Waals surface area contributed by atoms with Gasteiger partial charge in [-0.3, -0.25) is 0 Å². The molecule has 1 atom stereocenters. The minimum absolute atomic E-state index is 0.365. The van der Waals surface area contributed by atoms with E-state index in [1.54, 1.807) is 6.07 Å². The highest BCUT2D eigenvalue weighted by molar-refractivity contribution is 6.28. The number of rotatable bonds is 4. The van der Waals surface area contributed by atoms with Crippen LogP contribution in [-0.2, 0) is 0 Å². The van der Waals surface area contributed by atoms with Gasteiger partial charge in [-0.05, 0) is 50.2 Å². The highest BCUT2D eigenvalue weighted by Crippen LogP contribution is 2.16. The van der Waals surface area contributed by atoms with Crippen molar-refractivity contribution in [2.75, 3.05) is 6.54 Å². The Morgan fingerprint density at radius 3 is 2.86 bits per heavy atom. The van der Waals surface area contributed by atoms with Crippen LogP contribution in [0.2, 0.25) is 5.22 Å². The molecule has 1 rings (SSSR count). The molecule has 0 aromatic carbocycles. The fourth-order valence-electron chi connectivity index (χ4n) is 1.22. The lowest BCUT2D eigenvalue weighted by atomic mass is 10.1. The molecule has 2 nitrogen and oxygen atoms in total. The van der Waals surface area contributed by atoms with Crippen LogP contribution in [0, 0.1) is 0 Å². The Labute approximate surface area is 89.9 Å². The summed E-state index contributed by atoms with van der Waals surface area (Å²) in [5, 5.41) is 3.76. The van der Waals surface area contributed by atoms with E-state index in [0.717, 1.165) is 12.3 Å². The summed E-state index contributed by atoms with van der Waals surface area (Å²) in [5.41, 5.74) is 1.23. The molecule has 0 saturated carbocycles. The number of hydrogen-bond acceptors (Lipinski definition) is 2. The summed E-state index contributed by atoms with van der Waals surface area (Å²) in [6.45, 7) is 7.25. The van der Waals surface area contributed by atoms with Crippen LogP contribution in [-0.4, -0.2) is 12.6 Å². The molecule has 1 unspecified atom stereocenters. The van der Waals surface area contributed by atoms with Gasteiger partial charge in [-0.2, -0.15) is 0 Å². The number of furan rings is 1. The third kappa shape index (κ3) is 3.20. The first-order valence-corrected chi connectivity index (χ1v) is 5.18. The minimum Gasteiger partial charge on any atom is -0.445 e. The lowest BCUT2D eigenvalue weighted by Crippen LogP contribution is -2.26. The SMILES string of the molecule is CCNC(C)/C(C)=C/c1ccc(Cl)o1. The van der Waals surface area contributed by atoms with E-state index < -0.39 is 0 Å². The van der Waals surface area contributed by atoms with Gasteiger partial charge in [0, 0.05) is 6.04 Å². The number of halogens is 1. The van der Waals surface area contributed by atoms with Gasteiger partial charge in [0.25, 0.3) is 0 Å². The molecule has 0 bridgehead atoms. The summed E-state index contributed by atoms with van der Waals surface area (Å²) in [6, 6.07) is 3.98. The van der Waals surface area contributed by atoms with Crippen LogP contribution >= 0.6 is 11.6 Å². The first-order valence-electron chi connectivity index (χ1n) is 4.80. The van der Waals surface area contributed by atoms with E-state index in [1.165, 1.54) is 5.57 Å². The molecular formula is C11H16ClNO. The highest BCUT2D eigenvalue weighted by Gasteiger charge is 2.03. The predicted molar refractivity (Wildman–Crippen MR) is 60.5 cm³/mol. The molecule has 0 aliphatic heterocycles. The first kappa shape index (κ1) is 11.3. The van der Waals surface area contributed by atoms with Crippen molar-refractivity contribution in [3.05, 3.63) is 28.7 Å². The lowest BCUT2D eigenvalue weighted by Gasteiger charge is -2.12. The predicted octanol–water partition coefficient (Wildman–Crippen LogP) is 3.33. The zero-order chi connectivity index (χ0) is 10.6. The molecule has 0 fully saturated rings. The van der Waals surface area contributed by atoms with Gasteiger partial charge in [-0.25, -0.2) is 0 Å². The maximum Gasteiger partial charge on any atom is 0.193 e. The van der Waals surface area contributed by atoms with Crippen molar-refractivity contribution in [2.45, 2.75) is 26.8 Å². The molecule has 1 aromatic heterocycles. The standard InChI is InChI=1S/C11H16ClNO/c1-4-13-9(3)8(2)7-10-5-6-11(12)14-10/h5-7,9,13H,4H2,1-3H3/b8-7+. The largest absolute Gasteiger partial charge is 0.445 e. The van der Waals surface area contributed by atoms with Crippen LogP contribution in [0.5, 0.6) is 0 Å². The van der Waals surface area contributed by atoms with Gasteiger partial charge in [-0.15, -0.1) is 0 Å². The van der Waals surface area contributed by atoms with E-state index in [4.69, 9.17) is 16.0 Å². The summed E-state index contributed by atoms with van der Waals surface area (Å²) in [4.78, 5) is 0. The second-order valence-electron chi connectivity index (χ2n) is 3.31. The first-order chi connectivity index (χ1) is 6.63. The number of hydrogen-bond donors (Lipinski definition) is 1. The molecular weight excluding hydrogens is 198 g/mol. The Morgan fingerprint density at radius 2 is 2.36 bits per heavy atom. The Morgan fingerprint density at radius 1 is 1.64 bits per heavy atom. The monoisotopic (exact) mass is 213 g/mol. The summed E-state index contributed by atoms with van der Waals surface area (Å²) < 4.78 is 5.24. The molecule has 0 aliphatic rings. The van der Waals surface area contributed by atoms with Gasteiger partial charge in [0.2, 0.25) is 0 Å². The van der Waals surface area contributed by atoms with Crippen molar-refractivity contribution in [3.63, 3.8) is 0 Å². The van der Waals surface area contributed by atoms with Crippen LogP contribution in [0.1, 0.15) is 26.5 Å². The molecule has 1 aromatic rings. The minimum atomic E-state index is 0.365. The normalized spacial score (nSPS) is 14.4. The average molecular weight is 214 g/mol. The Kier molecular flexibility index (Phi) is 4.23. The van der Waals surface area contributed by atoms with Gasteiger partial charge in [0.05, 0.1) is 0 Å². The summed E-state index contributed by atoms with van der Waals surface area (Å²) in [6.07, 6.45) is 2.00. The molecule has 0 spiro atoms. The molecule has 3 heteroatoms. The maximum absolute atomic E-state index is 5.67. The number of nitrogens with one attached hydrogen (secondary N) is 1. The van der Waals surface area contributed by atoms with Gasteiger partial charge < -0.3 is 9.73 Å². The third-order valence-corrected chi connectivity index (χ3v) is 2.36. The zero-order valence-corrected chi connectivity index (χ0v) is 9.56. The Balaban J connectivity index is 2.67. The van der Waals surface area contributed by atoms with E-state index in [9.17, 15) is 0 Å². The van der Waals surface area contributed by atoms with Crippen LogP contribution in [0.15, 0.2) is 22.1 Å². The smallest absolute Gasteiger partial charge is 0.193 e. The Hall–Kier alpha value is -0.730. The number of likely N-dealkylation sites (N-methyl/N-ethyl adjacent to an activating group) is 1. The van der Waals surface area contributed by atoms with Crippen molar-refractivity contribution in [2.24, 2.45) is 0 Å². The average Bonchev–Trinajstić information content (AvgIpc) is 2.51. The van der Waals surface area contributed by atoms with Gasteiger partial charge >= 0.3 is 0 Å².